The van der Waals surface area contributed by atoms with Crippen LogP contribution < -0.4 is 28.2 Å². The number of aryl methyl sites for hydroxylation is 1. The number of fused-ring (bicyclic) bond motifs is 3. The number of hydrogen-bond donors (Lipinski definition) is 2. The fourth-order valence-corrected chi connectivity index (χ4v) is 12.7. The Hall–Kier alpha value is -9.94. The van der Waals surface area contributed by atoms with Crippen LogP contribution in [0.3, 0.4) is 0 Å². The molecule has 8 aromatic rings. The van der Waals surface area contributed by atoms with Crippen LogP contribution >= 0.6 is 0 Å². The maximum Gasteiger partial charge on any atom is 0.331 e. The zero-order valence-corrected chi connectivity index (χ0v) is 51.5. The standard InChI is InChI=1S/C24H25F2N3O3.C23H22FN5O3.C22H23FN4O3/c25-11-14-28-21-4-2-1-3-20(21)23(31)29(24(28)32)16-15-27-12-9-18(10-13-27)22(30)17-5-7-19(26)8-6-17;24-18-3-1-15(2-4-18)22(31)16-7-9-28(10-8-16)11-12-29-21(30)14-17-13-19(26-27-25)5-6-20(17)23(29)32;23-16-3-1-14(2-4-16)20(28)15-7-9-26(10-8-15)11-12-27-21(29)18-6-5-17(24)13-19(18)25-22(27)30/h1-8,18H,9-16H2;1-6,13,16H,7-12,14H2;1-6,13,15H,7-12,24H2,(H,25,30). The third-order valence-electron chi connectivity index (χ3n) is 18.0. The Morgan fingerprint density at radius 3 is 1.49 bits per heavy atom. The summed E-state index contributed by atoms with van der Waals surface area (Å²) < 4.78 is 56.0. The van der Waals surface area contributed by atoms with Gasteiger partial charge in [-0.2, -0.15) is 0 Å². The lowest BCUT2D eigenvalue weighted by Gasteiger charge is -2.33. The molecule has 3 N–H and O–H groups in total. The Morgan fingerprint density at radius 1 is 0.532 bits per heavy atom. The molecule has 0 saturated carbocycles. The second-order valence-corrected chi connectivity index (χ2v) is 23.8. The lowest BCUT2D eigenvalue weighted by Crippen LogP contribution is -2.47. The number of nitrogen functional groups attached to an aromatic ring is 1. The summed E-state index contributed by atoms with van der Waals surface area (Å²) >= 11 is 0. The van der Waals surface area contributed by atoms with Gasteiger partial charge in [0.25, 0.3) is 17.0 Å². The molecule has 0 aliphatic carbocycles. The summed E-state index contributed by atoms with van der Waals surface area (Å²) in [5.41, 5.74) is 16.9. The second kappa shape index (κ2) is 30.7. The van der Waals surface area contributed by atoms with Gasteiger partial charge in [-0.1, -0.05) is 23.3 Å². The lowest BCUT2D eigenvalue weighted by atomic mass is 9.89. The molecule has 21 nitrogen and oxygen atoms in total. The molecule has 3 fully saturated rings. The van der Waals surface area contributed by atoms with Gasteiger partial charge in [-0.25, -0.2) is 27.2 Å². The monoisotopic (exact) mass is 1290 g/mol. The molecule has 0 atom stereocenters. The number of H-pyrrole nitrogens is 1. The number of carbonyl (C=O) groups is 5. The van der Waals surface area contributed by atoms with Gasteiger partial charge >= 0.3 is 11.4 Å². The first-order chi connectivity index (χ1) is 45.4. The highest BCUT2D eigenvalue weighted by atomic mass is 19.1. The van der Waals surface area contributed by atoms with Crippen LogP contribution in [-0.4, -0.2) is 140 Å². The molecule has 488 valence electrons. The highest BCUT2D eigenvalue weighted by Gasteiger charge is 2.33. The number of nitrogens with one attached hydrogen (secondary N) is 1. The van der Waals surface area contributed by atoms with Gasteiger partial charge in [0, 0.05) is 95.6 Å². The zero-order chi connectivity index (χ0) is 66.6. The molecule has 25 heteroatoms. The Balaban J connectivity index is 0.000000154. The topological polar surface area (TPSA) is 272 Å². The van der Waals surface area contributed by atoms with E-state index in [2.05, 4.69) is 29.7 Å². The highest BCUT2D eigenvalue weighted by Crippen LogP contribution is 2.28. The Kier molecular flexibility index (Phi) is 21.8. The van der Waals surface area contributed by atoms with Crippen LogP contribution in [0.25, 0.3) is 32.2 Å². The van der Waals surface area contributed by atoms with Crippen LogP contribution in [0.2, 0.25) is 0 Å². The lowest BCUT2D eigenvalue weighted by molar-refractivity contribution is -0.128. The summed E-state index contributed by atoms with van der Waals surface area (Å²) in [6.45, 7) is 5.65. The fraction of sp³-hybridized carbons (Fsp3) is 0.348. The number of para-hydroxylation sites is 1. The number of hydrogen-bond acceptors (Lipinski definition) is 14. The Morgan fingerprint density at radius 2 is 1.00 bits per heavy atom. The van der Waals surface area contributed by atoms with Crippen molar-refractivity contribution < 1.29 is 41.5 Å². The number of Topliss-reactive ketones (excluding diaryl/α,β-unsaturated/α-hetero) is 3. The number of azide groups is 1. The number of benzene rings is 6. The average Bonchev–Trinajstić information content (AvgIpc) is 0.795. The van der Waals surface area contributed by atoms with Crippen molar-refractivity contribution in [1.82, 2.24) is 38.3 Å². The molecule has 6 heterocycles. The van der Waals surface area contributed by atoms with Crippen molar-refractivity contribution in [2.24, 2.45) is 22.9 Å². The van der Waals surface area contributed by atoms with Gasteiger partial charge in [0.2, 0.25) is 5.91 Å². The smallest absolute Gasteiger partial charge is 0.331 e. The van der Waals surface area contributed by atoms with E-state index in [1.807, 2.05) is 0 Å². The molecule has 4 aliphatic rings. The van der Waals surface area contributed by atoms with Crippen LogP contribution in [0.5, 0.6) is 0 Å². The molecule has 4 aliphatic heterocycles. The number of alkyl halides is 1. The Bertz CT molecular complexity index is 4410. The van der Waals surface area contributed by atoms with E-state index in [0.717, 1.165) is 0 Å². The van der Waals surface area contributed by atoms with Gasteiger partial charge in [0.1, 0.15) is 24.1 Å². The third-order valence-corrected chi connectivity index (χ3v) is 18.0. The van der Waals surface area contributed by atoms with Crippen LogP contribution in [0.1, 0.15) is 85.5 Å². The van der Waals surface area contributed by atoms with Gasteiger partial charge in [0.05, 0.1) is 34.8 Å². The predicted molar refractivity (Wildman–Crippen MR) is 346 cm³/mol. The van der Waals surface area contributed by atoms with Crippen LogP contribution in [0.4, 0.5) is 28.9 Å². The van der Waals surface area contributed by atoms with Crippen molar-refractivity contribution in [3.05, 3.63) is 231 Å². The molecule has 0 unspecified atom stereocenters. The first kappa shape index (κ1) is 67.0. The van der Waals surface area contributed by atoms with Gasteiger partial charge < -0.3 is 25.4 Å². The van der Waals surface area contributed by atoms with E-state index in [1.54, 1.807) is 60.7 Å². The van der Waals surface area contributed by atoms with Crippen molar-refractivity contribution in [1.29, 1.82) is 0 Å². The normalized spacial score (nSPS) is 16.0. The number of nitrogens with zero attached hydrogens (tertiary/aromatic N) is 10. The number of anilines is 1. The molecule has 0 bridgehead atoms. The number of aromatic amines is 1. The molecule has 0 radical (unpaired) electrons. The van der Waals surface area contributed by atoms with Gasteiger partial charge in [0.15, 0.2) is 17.3 Å². The summed E-state index contributed by atoms with van der Waals surface area (Å²) in [6, 6.07) is 33.2. The number of nitrogens with two attached hydrogens (primary N) is 1. The number of halogens is 4. The summed E-state index contributed by atoms with van der Waals surface area (Å²) in [7, 11) is 0. The van der Waals surface area contributed by atoms with Crippen molar-refractivity contribution in [3.8, 4) is 0 Å². The number of amides is 2. The number of rotatable bonds is 18. The van der Waals surface area contributed by atoms with Gasteiger partial charge in [-0.05, 0) is 204 Å². The van der Waals surface area contributed by atoms with E-state index in [9.17, 15) is 60.7 Å². The quantitative estimate of drug-likeness (QED) is 0.0155. The van der Waals surface area contributed by atoms with Crippen LogP contribution in [-0.2, 0) is 30.8 Å². The number of piperidine rings is 3. The van der Waals surface area contributed by atoms with Crippen molar-refractivity contribution in [3.63, 3.8) is 0 Å². The number of ketones is 3. The number of likely N-dealkylation sites (tertiary alicyclic amines) is 3. The molecule has 12 rings (SSSR count). The third kappa shape index (κ3) is 15.9. The minimum atomic E-state index is -0.697. The minimum absolute atomic E-state index is 0.0181. The van der Waals surface area contributed by atoms with E-state index >= 15 is 0 Å². The summed E-state index contributed by atoms with van der Waals surface area (Å²) in [5, 5.41) is 4.34. The zero-order valence-electron chi connectivity index (χ0n) is 51.5. The van der Waals surface area contributed by atoms with Gasteiger partial charge in [-0.3, -0.25) is 52.2 Å². The molecule has 94 heavy (non-hydrogen) atoms. The van der Waals surface area contributed by atoms with E-state index in [-0.39, 0.29) is 108 Å². The van der Waals surface area contributed by atoms with Gasteiger partial charge in [-0.15, -0.1) is 0 Å². The molecular weight excluding hydrogens is 1220 g/mol. The molecule has 6 aromatic carbocycles. The van der Waals surface area contributed by atoms with E-state index < -0.39 is 18.1 Å². The summed E-state index contributed by atoms with van der Waals surface area (Å²) in [6.07, 6.45) is 4.16. The fourth-order valence-electron chi connectivity index (χ4n) is 12.7. The number of aromatic nitrogens is 4. The first-order valence-electron chi connectivity index (χ1n) is 31.3. The van der Waals surface area contributed by atoms with Crippen molar-refractivity contribution in [2.45, 2.75) is 64.6 Å². The average molecular weight is 1290 g/mol. The van der Waals surface area contributed by atoms with E-state index in [4.69, 9.17) is 11.3 Å². The van der Waals surface area contributed by atoms with E-state index in [1.165, 1.54) is 91.4 Å². The molecule has 0 spiro atoms. The van der Waals surface area contributed by atoms with Crippen LogP contribution in [0.15, 0.2) is 158 Å². The summed E-state index contributed by atoms with van der Waals surface area (Å²) in [5.74, 6) is -1.94. The minimum Gasteiger partial charge on any atom is -0.399 e. The molecule has 3 saturated heterocycles. The maximum atomic E-state index is 13.1. The Labute approximate surface area is 536 Å². The molecule has 2 amide bonds. The predicted octanol–water partition coefficient (Wildman–Crippen LogP) is 8.76. The first-order valence-corrected chi connectivity index (χ1v) is 31.3. The van der Waals surface area contributed by atoms with Crippen molar-refractivity contribution >= 4 is 62.3 Å². The molecule has 2 aromatic heterocycles. The number of carbonyl (C=O) groups excluding carboxylic acids is 5. The summed E-state index contributed by atoms with van der Waals surface area (Å²) in [4.78, 5) is 127. The molecular formula is C69H70F4N12O9. The number of imide groups is 1. The van der Waals surface area contributed by atoms with Crippen LogP contribution in [0, 0.1) is 35.2 Å². The van der Waals surface area contributed by atoms with Crippen molar-refractivity contribution in [2.75, 3.05) is 77.9 Å². The highest BCUT2D eigenvalue weighted by molar-refractivity contribution is 6.10. The SMILES string of the molecule is Nc1ccc2c(=O)n(CCN3CCC(C(=O)c4ccc(F)cc4)CC3)c(=O)[nH]c2c1.O=C(c1ccc(F)cc1)C1CCN(CCn2c(=O)c3ccccc3n(CCF)c2=O)CC1.[N-]=[N+]=Nc1ccc2c(c1)CC(=O)N(CCN1CCC(C(=O)c3ccc(F)cc3)CC1)C2=O. The second-order valence-electron chi connectivity index (χ2n) is 23.8. The largest absolute Gasteiger partial charge is 0.399 e. The maximum absolute atomic E-state index is 13.1. The van der Waals surface area contributed by atoms with E-state index in [0.29, 0.717) is 158 Å².